The van der Waals surface area contributed by atoms with E-state index in [9.17, 15) is 4.39 Å². The van der Waals surface area contributed by atoms with Gasteiger partial charge in [-0.25, -0.2) is 4.39 Å². The summed E-state index contributed by atoms with van der Waals surface area (Å²) in [7, 11) is -0.0827. The van der Waals surface area contributed by atoms with Crippen LogP contribution in [0.3, 0.4) is 0 Å². The fraction of sp³-hybridized carbons (Fsp3) is 0.400. The molecule has 1 aromatic rings. The maximum atomic E-state index is 13.6. The molecule has 0 saturated carbocycles. The van der Waals surface area contributed by atoms with Crippen molar-refractivity contribution in [1.82, 2.24) is 0 Å². The number of hydrogen-bond donors (Lipinski definition) is 0. The van der Waals surface area contributed by atoms with E-state index in [1.807, 2.05) is 0 Å². The second-order valence-corrected chi connectivity index (χ2v) is 9.98. The number of ether oxygens (including phenoxy) is 1. The highest BCUT2D eigenvalue weighted by Crippen LogP contribution is 2.26. The van der Waals surface area contributed by atoms with E-state index in [1.165, 1.54) is 6.07 Å². The molecule has 0 fully saturated rings. The van der Waals surface area contributed by atoms with Crippen LogP contribution in [-0.2, 0) is 0 Å². The summed E-state index contributed by atoms with van der Waals surface area (Å²) in [6.07, 6.45) is 0. The first-order chi connectivity index (χ1) is 6.38. The van der Waals surface area contributed by atoms with Crippen molar-refractivity contribution < 1.29 is 9.13 Å². The molecule has 78 valence electrons. The predicted molar refractivity (Wildman–Crippen MR) is 63.6 cm³/mol. The Morgan fingerprint density at radius 3 is 2.29 bits per heavy atom. The molecule has 0 saturated heterocycles. The van der Waals surface area contributed by atoms with Crippen LogP contribution in [0.5, 0.6) is 5.75 Å². The molecule has 4 heteroatoms. The maximum absolute atomic E-state index is 13.6. The first-order valence-corrected chi connectivity index (χ1v) is 8.69. The van der Waals surface area contributed by atoms with Gasteiger partial charge in [0.15, 0.2) is 0 Å². The Labute approximate surface area is 93.4 Å². The standard InChI is InChI=1S/C10H14BrFOSi/c1-13-8-6-5-7(12)10(9(8)11)14(2,3)4/h5-6H,1-4H3. The lowest BCUT2D eigenvalue weighted by atomic mass is 10.3. The van der Waals surface area contributed by atoms with E-state index in [1.54, 1.807) is 13.2 Å². The highest BCUT2D eigenvalue weighted by Gasteiger charge is 2.25. The molecule has 1 nitrogen and oxygen atoms in total. The highest BCUT2D eigenvalue weighted by atomic mass is 79.9. The minimum absolute atomic E-state index is 0.142. The summed E-state index contributed by atoms with van der Waals surface area (Å²) < 4.78 is 19.5. The lowest BCUT2D eigenvalue weighted by Crippen LogP contribution is -2.41. The van der Waals surface area contributed by atoms with Crippen molar-refractivity contribution in [1.29, 1.82) is 0 Å². The molecule has 0 spiro atoms. The van der Waals surface area contributed by atoms with Crippen LogP contribution in [0.25, 0.3) is 0 Å². The SMILES string of the molecule is COc1ccc(F)c([Si](C)(C)C)c1Br. The van der Waals surface area contributed by atoms with Gasteiger partial charge >= 0.3 is 0 Å². The van der Waals surface area contributed by atoms with E-state index in [2.05, 4.69) is 35.6 Å². The minimum Gasteiger partial charge on any atom is -0.496 e. The molecule has 0 N–H and O–H groups in total. The Morgan fingerprint density at radius 1 is 1.29 bits per heavy atom. The van der Waals surface area contributed by atoms with Crippen LogP contribution in [0, 0.1) is 5.82 Å². The zero-order valence-corrected chi connectivity index (χ0v) is 11.4. The second-order valence-electron chi connectivity index (χ2n) is 4.19. The highest BCUT2D eigenvalue weighted by molar-refractivity contribution is 9.10. The summed E-state index contributed by atoms with van der Waals surface area (Å²) in [5.41, 5.74) is 0. The molecule has 0 aliphatic rings. The third kappa shape index (κ3) is 2.17. The number of methoxy groups -OCH3 is 1. The van der Waals surface area contributed by atoms with Gasteiger partial charge in [-0.1, -0.05) is 19.6 Å². The molecular formula is C10H14BrFOSi. The number of benzene rings is 1. The zero-order chi connectivity index (χ0) is 10.9. The van der Waals surface area contributed by atoms with Crippen LogP contribution < -0.4 is 9.92 Å². The number of halogens is 2. The summed E-state index contributed by atoms with van der Waals surface area (Å²) in [5.74, 6) is 0.556. The number of rotatable bonds is 2. The molecule has 0 bridgehead atoms. The van der Waals surface area contributed by atoms with Crippen LogP contribution in [0.1, 0.15) is 0 Å². The van der Waals surface area contributed by atoms with Crippen LogP contribution >= 0.6 is 15.9 Å². The maximum Gasteiger partial charge on any atom is 0.133 e. The summed E-state index contributed by atoms with van der Waals surface area (Å²) >= 11 is 3.40. The quantitative estimate of drug-likeness (QED) is 0.755. The smallest absolute Gasteiger partial charge is 0.133 e. The van der Waals surface area contributed by atoms with Gasteiger partial charge in [0, 0.05) is 0 Å². The van der Waals surface area contributed by atoms with E-state index in [0.29, 0.717) is 5.75 Å². The second kappa shape index (κ2) is 4.02. The Kier molecular flexibility index (Phi) is 3.37. The first kappa shape index (κ1) is 11.7. The van der Waals surface area contributed by atoms with Gasteiger partial charge in [-0.2, -0.15) is 0 Å². The lowest BCUT2D eigenvalue weighted by molar-refractivity contribution is 0.411. The van der Waals surface area contributed by atoms with Crippen molar-refractivity contribution in [3.05, 3.63) is 22.4 Å². The van der Waals surface area contributed by atoms with Gasteiger partial charge in [-0.15, -0.1) is 0 Å². The lowest BCUT2D eigenvalue weighted by Gasteiger charge is -2.20. The molecule has 0 unspecified atom stereocenters. The fourth-order valence-corrected chi connectivity index (χ4v) is 5.23. The Hall–Kier alpha value is -0.353. The Balaban J connectivity index is 3.40. The van der Waals surface area contributed by atoms with Gasteiger partial charge in [0.25, 0.3) is 0 Å². The van der Waals surface area contributed by atoms with Gasteiger partial charge in [-0.3, -0.25) is 0 Å². The molecule has 0 aromatic heterocycles. The molecule has 0 atom stereocenters. The molecule has 14 heavy (non-hydrogen) atoms. The molecule has 1 aromatic carbocycles. The largest absolute Gasteiger partial charge is 0.496 e. The summed E-state index contributed by atoms with van der Waals surface area (Å²) in [5, 5.41) is 0.789. The molecule has 0 amide bonds. The van der Waals surface area contributed by atoms with Crippen molar-refractivity contribution in [2.75, 3.05) is 7.11 Å². The van der Waals surface area contributed by atoms with Crippen LogP contribution in [0.4, 0.5) is 4.39 Å². The Morgan fingerprint density at radius 2 is 1.86 bits per heavy atom. The van der Waals surface area contributed by atoms with Crippen LogP contribution in [0.15, 0.2) is 16.6 Å². The average Bonchev–Trinajstić information content (AvgIpc) is 2.02. The van der Waals surface area contributed by atoms with E-state index in [0.717, 1.165) is 9.66 Å². The molecule has 1 rings (SSSR count). The Bertz CT molecular complexity index is 347. The van der Waals surface area contributed by atoms with Crippen molar-refractivity contribution in [2.45, 2.75) is 19.6 Å². The van der Waals surface area contributed by atoms with Crippen LogP contribution in [0.2, 0.25) is 19.6 Å². The third-order valence-electron chi connectivity index (χ3n) is 2.03. The predicted octanol–water partition coefficient (Wildman–Crippen LogP) is 3.14. The average molecular weight is 277 g/mol. The topological polar surface area (TPSA) is 9.23 Å². The van der Waals surface area contributed by atoms with E-state index < -0.39 is 8.07 Å². The molecule has 0 aliphatic carbocycles. The van der Waals surface area contributed by atoms with Gasteiger partial charge in [0.05, 0.1) is 19.7 Å². The molecular weight excluding hydrogens is 263 g/mol. The van der Waals surface area contributed by atoms with E-state index in [-0.39, 0.29) is 5.82 Å². The van der Waals surface area contributed by atoms with Crippen molar-refractivity contribution in [2.24, 2.45) is 0 Å². The van der Waals surface area contributed by atoms with Gasteiger partial charge in [0.1, 0.15) is 11.6 Å². The molecule has 0 aliphatic heterocycles. The van der Waals surface area contributed by atoms with E-state index in [4.69, 9.17) is 4.74 Å². The van der Waals surface area contributed by atoms with Crippen molar-refractivity contribution in [3.8, 4) is 5.75 Å². The monoisotopic (exact) mass is 276 g/mol. The van der Waals surface area contributed by atoms with Crippen molar-refractivity contribution in [3.63, 3.8) is 0 Å². The van der Waals surface area contributed by atoms with Crippen molar-refractivity contribution >= 4 is 29.2 Å². The van der Waals surface area contributed by atoms with E-state index >= 15 is 0 Å². The van der Waals surface area contributed by atoms with Gasteiger partial charge in [0.2, 0.25) is 0 Å². The molecule has 0 radical (unpaired) electrons. The fourth-order valence-electron chi connectivity index (χ4n) is 1.38. The first-order valence-electron chi connectivity index (χ1n) is 4.40. The summed E-state index contributed by atoms with van der Waals surface area (Å²) in [4.78, 5) is 0. The normalized spacial score (nSPS) is 11.6. The third-order valence-corrected chi connectivity index (χ3v) is 5.17. The van der Waals surface area contributed by atoms with Gasteiger partial charge in [-0.05, 0) is 33.2 Å². The summed E-state index contributed by atoms with van der Waals surface area (Å²) in [6.45, 7) is 6.32. The molecule has 0 heterocycles. The minimum atomic E-state index is -1.67. The summed E-state index contributed by atoms with van der Waals surface area (Å²) in [6, 6.07) is 3.11. The zero-order valence-electron chi connectivity index (χ0n) is 8.82. The van der Waals surface area contributed by atoms with Crippen LogP contribution in [-0.4, -0.2) is 15.2 Å². The number of hydrogen-bond acceptors (Lipinski definition) is 1. The van der Waals surface area contributed by atoms with Gasteiger partial charge < -0.3 is 4.74 Å².